The monoisotopic (exact) mass is 227 g/mol. The molecule has 0 aromatic carbocycles. The summed E-state index contributed by atoms with van der Waals surface area (Å²) >= 11 is 1.43. The van der Waals surface area contributed by atoms with Gasteiger partial charge in [-0.25, -0.2) is 4.79 Å². The number of hydrogen-bond donors (Lipinski definition) is 1. The van der Waals surface area contributed by atoms with Gasteiger partial charge in [0.2, 0.25) is 0 Å². The standard InChI is InChI=1S/C11H17NO2S/c1-6-7(12)8(10(13)14-5)15-9(6)11(2,3)4/h12H2,1-5H3. The maximum atomic E-state index is 11.4. The van der Waals surface area contributed by atoms with Gasteiger partial charge in [-0.3, -0.25) is 0 Å². The van der Waals surface area contributed by atoms with Crippen LogP contribution in [0.1, 0.15) is 40.9 Å². The molecule has 1 rings (SSSR count). The fourth-order valence-corrected chi connectivity index (χ4v) is 2.69. The third-order valence-corrected chi connectivity index (χ3v) is 3.96. The van der Waals surface area contributed by atoms with Gasteiger partial charge in [0.05, 0.1) is 12.8 Å². The molecule has 1 heterocycles. The lowest BCUT2D eigenvalue weighted by Crippen LogP contribution is -2.10. The van der Waals surface area contributed by atoms with Crippen LogP contribution in [-0.2, 0) is 10.2 Å². The molecular weight excluding hydrogens is 210 g/mol. The van der Waals surface area contributed by atoms with E-state index in [4.69, 9.17) is 5.73 Å². The second-order valence-electron chi connectivity index (χ2n) is 4.54. The van der Waals surface area contributed by atoms with Gasteiger partial charge in [0.25, 0.3) is 0 Å². The highest BCUT2D eigenvalue weighted by molar-refractivity contribution is 7.15. The van der Waals surface area contributed by atoms with Crippen molar-refractivity contribution >= 4 is 23.0 Å². The first-order valence-corrected chi connectivity index (χ1v) is 5.58. The average molecular weight is 227 g/mol. The van der Waals surface area contributed by atoms with Crippen LogP contribution in [0.4, 0.5) is 5.69 Å². The molecule has 4 heteroatoms. The summed E-state index contributed by atoms with van der Waals surface area (Å²) in [5.41, 5.74) is 7.44. The lowest BCUT2D eigenvalue weighted by atomic mass is 9.92. The number of hydrogen-bond acceptors (Lipinski definition) is 4. The third kappa shape index (κ3) is 2.15. The highest BCUT2D eigenvalue weighted by Crippen LogP contribution is 2.38. The van der Waals surface area contributed by atoms with Gasteiger partial charge < -0.3 is 10.5 Å². The zero-order chi connectivity index (χ0) is 11.8. The van der Waals surface area contributed by atoms with Crippen LogP contribution in [0.5, 0.6) is 0 Å². The zero-order valence-electron chi connectivity index (χ0n) is 9.80. The molecule has 0 saturated heterocycles. The van der Waals surface area contributed by atoms with Crippen LogP contribution in [-0.4, -0.2) is 13.1 Å². The molecule has 0 atom stereocenters. The van der Waals surface area contributed by atoms with Gasteiger partial charge in [0, 0.05) is 4.88 Å². The van der Waals surface area contributed by atoms with Crippen molar-refractivity contribution in [3.05, 3.63) is 15.3 Å². The van der Waals surface area contributed by atoms with Crippen LogP contribution < -0.4 is 5.73 Å². The largest absolute Gasteiger partial charge is 0.465 e. The molecule has 0 spiro atoms. The van der Waals surface area contributed by atoms with E-state index in [1.807, 2.05) is 6.92 Å². The van der Waals surface area contributed by atoms with Crippen molar-refractivity contribution in [3.8, 4) is 0 Å². The molecule has 1 aromatic rings. The Morgan fingerprint density at radius 3 is 2.27 bits per heavy atom. The molecule has 0 aliphatic heterocycles. The third-order valence-electron chi connectivity index (χ3n) is 2.25. The molecule has 0 aliphatic carbocycles. The second-order valence-corrected chi connectivity index (χ2v) is 5.56. The van der Waals surface area contributed by atoms with Gasteiger partial charge in [0.15, 0.2) is 0 Å². The van der Waals surface area contributed by atoms with Crippen molar-refractivity contribution in [1.29, 1.82) is 0 Å². The molecule has 0 radical (unpaired) electrons. The first kappa shape index (κ1) is 12.0. The molecule has 3 nitrogen and oxygen atoms in total. The highest BCUT2D eigenvalue weighted by Gasteiger charge is 2.25. The highest BCUT2D eigenvalue weighted by atomic mass is 32.1. The van der Waals surface area contributed by atoms with E-state index in [0.717, 1.165) is 10.4 Å². The average Bonchev–Trinajstić information content (AvgIpc) is 2.42. The number of nitrogens with two attached hydrogens (primary N) is 1. The summed E-state index contributed by atoms with van der Waals surface area (Å²) in [5, 5.41) is 0. The minimum atomic E-state index is -0.351. The van der Waals surface area contributed by atoms with Crippen LogP contribution in [0.25, 0.3) is 0 Å². The summed E-state index contributed by atoms with van der Waals surface area (Å²) in [6.07, 6.45) is 0. The summed E-state index contributed by atoms with van der Waals surface area (Å²) < 4.78 is 4.69. The topological polar surface area (TPSA) is 52.3 Å². The van der Waals surface area contributed by atoms with E-state index in [9.17, 15) is 4.79 Å². The Hall–Kier alpha value is -1.03. The number of anilines is 1. The van der Waals surface area contributed by atoms with E-state index >= 15 is 0 Å². The quantitative estimate of drug-likeness (QED) is 0.750. The van der Waals surface area contributed by atoms with Crippen LogP contribution in [0.2, 0.25) is 0 Å². The number of carbonyl (C=O) groups excluding carboxylic acids is 1. The molecule has 0 bridgehead atoms. The number of ether oxygens (including phenoxy) is 1. The molecule has 0 unspecified atom stereocenters. The van der Waals surface area contributed by atoms with Crippen molar-refractivity contribution < 1.29 is 9.53 Å². The van der Waals surface area contributed by atoms with E-state index in [2.05, 4.69) is 25.5 Å². The molecule has 0 aliphatic rings. The lowest BCUT2D eigenvalue weighted by molar-refractivity contribution is 0.0607. The smallest absolute Gasteiger partial charge is 0.350 e. The number of carbonyl (C=O) groups is 1. The lowest BCUT2D eigenvalue weighted by Gasteiger charge is -2.17. The van der Waals surface area contributed by atoms with Gasteiger partial charge in [-0.2, -0.15) is 0 Å². The maximum Gasteiger partial charge on any atom is 0.350 e. The van der Waals surface area contributed by atoms with Gasteiger partial charge in [-0.15, -0.1) is 11.3 Å². The molecule has 1 aromatic heterocycles. The summed E-state index contributed by atoms with van der Waals surface area (Å²) in [7, 11) is 1.37. The van der Waals surface area contributed by atoms with Gasteiger partial charge in [-0.05, 0) is 17.9 Å². The minimum absolute atomic E-state index is 0.00907. The fourth-order valence-electron chi connectivity index (χ4n) is 1.49. The Labute approximate surface area is 94.2 Å². The Morgan fingerprint density at radius 1 is 1.40 bits per heavy atom. The Kier molecular flexibility index (Phi) is 3.09. The molecule has 15 heavy (non-hydrogen) atoms. The normalized spacial score (nSPS) is 11.5. The van der Waals surface area contributed by atoms with Gasteiger partial charge >= 0.3 is 5.97 Å². The number of nitrogen functional groups attached to an aromatic ring is 1. The molecule has 0 amide bonds. The van der Waals surface area contributed by atoms with Crippen molar-refractivity contribution in [3.63, 3.8) is 0 Å². The van der Waals surface area contributed by atoms with Crippen molar-refractivity contribution in [2.24, 2.45) is 0 Å². The molecule has 0 saturated carbocycles. The van der Waals surface area contributed by atoms with E-state index in [0.29, 0.717) is 10.6 Å². The SMILES string of the molecule is COC(=O)c1sc(C(C)(C)C)c(C)c1N. The summed E-state index contributed by atoms with van der Waals surface area (Å²) in [6, 6.07) is 0. The van der Waals surface area contributed by atoms with Crippen molar-refractivity contribution in [1.82, 2.24) is 0 Å². The molecular formula is C11H17NO2S. The van der Waals surface area contributed by atoms with Crippen molar-refractivity contribution in [2.45, 2.75) is 33.1 Å². The number of esters is 1. The second kappa shape index (κ2) is 3.85. The van der Waals surface area contributed by atoms with Crippen LogP contribution in [0.15, 0.2) is 0 Å². The Morgan fingerprint density at radius 2 is 1.93 bits per heavy atom. The van der Waals surface area contributed by atoms with E-state index in [1.165, 1.54) is 18.4 Å². The first-order chi connectivity index (χ1) is 6.79. The van der Waals surface area contributed by atoms with E-state index in [1.54, 1.807) is 0 Å². The van der Waals surface area contributed by atoms with Crippen LogP contribution >= 0.6 is 11.3 Å². The Bertz CT molecular complexity index is 388. The number of rotatable bonds is 1. The summed E-state index contributed by atoms with van der Waals surface area (Å²) in [6.45, 7) is 8.25. The van der Waals surface area contributed by atoms with Crippen LogP contribution in [0.3, 0.4) is 0 Å². The number of thiophene rings is 1. The van der Waals surface area contributed by atoms with Gasteiger partial charge in [0.1, 0.15) is 4.88 Å². The predicted molar refractivity (Wildman–Crippen MR) is 63.5 cm³/mol. The molecule has 2 N–H and O–H groups in total. The summed E-state index contributed by atoms with van der Waals surface area (Å²) in [5.74, 6) is -0.351. The summed E-state index contributed by atoms with van der Waals surface area (Å²) in [4.78, 5) is 13.1. The van der Waals surface area contributed by atoms with Crippen molar-refractivity contribution in [2.75, 3.05) is 12.8 Å². The fraction of sp³-hybridized carbons (Fsp3) is 0.545. The van der Waals surface area contributed by atoms with Crippen LogP contribution in [0, 0.1) is 6.92 Å². The predicted octanol–water partition coefficient (Wildman–Crippen LogP) is 2.72. The van der Waals surface area contributed by atoms with Gasteiger partial charge in [-0.1, -0.05) is 20.8 Å². The maximum absolute atomic E-state index is 11.4. The van der Waals surface area contributed by atoms with E-state index < -0.39 is 0 Å². The number of methoxy groups -OCH3 is 1. The molecule has 84 valence electrons. The zero-order valence-corrected chi connectivity index (χ0v) is 10.6. The minimum Gasteiger partial charge on any atom is -0.465 e. The first-order valence-electron chi connectivity index (χ1n) is 4.76. The molecule has 0 fully saturated rings. The Balaban J connectivity index is 3.31. The van der Waals surface area contributed by atoms with E-state index in [-0.39, 0.29) is 11.4 Å².